The molecule has 8 heteroatoms. The highest BCUT2D eigenvalue weighted by molar-refractivity contribution is 7.89. The molecule has 23 heavy (non-hydrogen) atoms. The van der Waals surface area contributed by atoms with Crippen LogP contribution in [0, 0.1) is 0 Å². The molecule has 2 saturated heterocycles. The first-order chi connectivity index (χ1) is 11.1. The molecule has 2 aliphatic rings. The van der Waals surface area contributed by atoms with Gasteiger partial charge in [-0.05, 0) is 50.9 Å². The second kappa shape index (κ2) is 7.11. The normalized spacial score (nSPS) is 22.3. The Morgan fingerprint density at radius 2 is 1.74 bits per heavy atom. The van der Waals surface area contributed by atoms with Crippen LogP contribution in [0.1, 0.15) is 37.8 Å². The van der Waals surface area contributed by atoms with Gasteiger partial charge in [-0.15, -0.1) is 5.10 Å². The Bertz CT molecular complexity index is 605. The minimum Gasteiger partial charge on any atom is -0.382 e. The van der Waals surface area contributed by atoms with E-state index in [1.54, 1.807) is 10.4 Å². The average molecular weight is 339 g/mol. The van der Waals surface area contributed by atoms with Gasteiger partial charge in [0.1, 0.15) is 5.82 Å². The van der Waals surface area contributed by atoms with Crippen LogP contribution in [0.5, 0.6) is 0 Å². The molecule has 2 fully saturated rings. The minimum atomic E-state index is -3.12. The fraction of sp³-hybridized carbons (Fsp3) is 0.733. The van der Waals surface area contributed by atoms with Crippen LogP contribution >= 0.6 is 0 Å². The molecule has 0 bridgehead atoms. The Hall–Kier alpha value is -1.25. The molecule has 2 N–H and O–H groups in total. The quantitative estimate of drug-likeness (QED) is 0.874. The van der Waals surface area contributed by atoms with E-state index in [1.807, 2.05) is 6.07 Å². The lowest BCUT2D eigenvalue weighted by Crippen LogP contribution is -2.46. The van der Waals surface area contributed by atoms with E-state index < -0.39 is 10.0 Å². The third-order valence-corrected chi connectivity index (χ3v) is 7.16. The summed E-state index contributed by atoms with van der Waals surface area (Å²) in [6.45, 7) is 3.66. The van der Waals surface area contributed by atoms with Crippen molar-refractivity contribution in [2.75, 3.05) is 31.9 Å². The second-order valence-corrected chi connectivity index (χ2v) is 8.64. The maximum absolute atomic E-state index is 12.7. The molecular formula is C15H25N5O2S. The maximum atomic E-state index is 12.7. The smallest absolute Gasteiger partial charge is 0.217 e. The molecule has 2 aliphatic heterocycles. The number of aromatic nitrogens is 2. The van der Waals surface area contributed by atoms with Gasteiger partial charge in [0.25, 0.3) is 0 Å². The van der Waals surface area contributed by atoms with E-state index in [9.17, 15) is 8.42 Å². The molecule has 128 valence electrons. The molecule has 3 heterocycles. The van der Waals surface area contributed by atoms with E-state index in [0.717, 1.165) is 38.0 Å². The van der Waals surface area contributed by atoms with Gasteiger partial charge >= 0.3 is 0 Å². The Balaban J connectivity index is 1.54. The molecule has 0 spiro atoms. The first-order valence-corrected chi connectivity index (χ1v) is 9.85. The van der Waals surface area contributed by atoms with Gasteiger partial charge in [-0.1, -0.05) is 6.42 Å². The molecule has 0 amide bonds. The van der Waals surface area contributed by atoms with Crippen LogP contribution in [-0.2, 0) is 16.6 Å². The number of anilines is 1. The molecule has 7 nitrogen and oxygen atoms in total. The van der Waals surface area contributed by atoms with E-state index >= 15 is 0 Å². The van der Waals surface area contributed by atoms with Gasteiger partial charge in [0.2, 0.25) is 10.0 Å². The summed E-state index contributed by atoms with van der Waals surface area (Å²) in [5, 5.41) is 7.70. The van der Waals surface area contributed by atoms with Crippen LogP contribution in [-0.4, -0.2) is 59.2 Å². The van der Waals surface area contributed by atoms with Gasteiger partial charge in [-0.25, -0.2) is 12.7 Å². The first-order valence-electron chi connectivity index (χ1n) is 8.35. The topological polar surface area (TPSA) is 92.4 Å². The van der Waals surface area contributed by atoms with Crippen molar-refractivity contribution in [1.29, 1.82) is 0 Å². The first kappa shape index (κ1) is 16.6. The van der Waals surface area contributed by atoms with Crippen LogP contribution in [0.3, 0.4) is 0 Å². The van der Waals surface area contributed by atoms with Crippen molar-refractivity contribution >= 4 is 15.8 Å². The number of likely N-dealkylation sites (tertiary alicyclic amines) is 1. The van der Waals surface area contributed by atoms with Gasteiger partial charge in [-0.2, -0.15) is 5.10 Å². The molecule has 0 unspecified atom stereocenters. The molecule has 0 aliphatic carbocycles. The number of nitrogens with two attached hydrogens (primary N) is 1. The van der Waals surface area contributed by atoms with Crippen LogP contribution in [0.15, 0.2) is 12.1 Å². The van der Waals surface area contributed by atoms with Crippen molar-refractivity contribution < 1.29 is 8.42 Å². The highest BCUT2D eigenvalue weighted by atomic mass is 32.2. The van der Waals surface area contributed by atoms with Crippen molar-refractivity contribution in [1.82, 2.24) is 19.4 Å². The van der Waals surface area contributed by atoms with E-state index in [4.69, 9.17) is 5.73 Å². The van der Waals surface area contributed by atoms with Gasteiger partial charge in [-0.3, -0.25) is 4.90 Å². The monoisotopic (exact) mass is 339 g/mol. The number of rotatable bonds is 4. The highest BCUT2D eigenvalue weighted by Gasteiger charge is 2.35. The van der Waals surface area contributed by atoms with Gasteiger partial charge in [0.05, 0.1) is 10.9 Å². The molecule has 3 rings (SSSR count). The molecule has 0 radical (unpaired) electrons. The Morgan fingerprint density at radius 3 is 2.35 bits per heavy atom. The number of hydrogen-bond donors (Lipinski definition) is 1. The van der Waals surface area contributed by atoms with E-state index in [-0.39, 0.29) is 5.25 Å². The Labute approximate surface area is 137 Å². The lowest BCUT2D eigenvalue weighted by molar-refractivity contribution is 0.215. The summed E-state index contributed by atoms with van der Waals surface area (Å²) < 4.78 is 27.1. The predicted octanol–water partition coefficient (Wildman–Crippen LogP) is 0.839. The third kappa shape index (κ3) is 3.99. The van der Waals surface area contributed by atoms with Gasteiger partial charge in [0, 0.05) is 19.6 Å². The van der Waals surface area contributed by atoms with Crippen molar-refractivity contribution in [2.24, 2.45) is 0 Å². The molecule has 0 atom stereocenters. The molecular weight excluding hydrogens is 314 g/mol. The van der Waals surface area contributed by atoms with Crippen molar-refractivity contribution in [3.63, 3.8) is 0 Å². The van der Waals surface area contributed by atoms with Crippen molar-refractivity contribution in [3.8, 4) is 0 Å². The fourth-order valence-electron chi connectivity index (χ4n) is 3.38. The second-order valence-electron chi connectivity index (χ2n) is 6.43. The summed E-state index contributed by atoms with van der Waals surface area (Å²) in [6.07, 6.45) is 4.53. The van der Waals surface area contributed by atoms with Crippen LogP contribution in [0.25, 0.3) is 0 Å². The summed E-state index contributed by atoms with van der Waals surface area (Å²) in [5.41, 5.74) is 6.41. The summed E-state index contributed by atoms with van der Waals surface area (Å²) in [7, 11) is -3.12. The van der Waals surface area contributed by atoms with E-state index in [0.29, 0.717) is 38.3 Å². The van der Waals surface area contributed by atoms with Gasteiger partial charge < -0.3 is 5.73 Å². The zero-order valence-electron chi connectivity index (χ0n) is 13.4. The molecule has 0 aromatic carbocycles. The summed E-state index contributed by atoms with van der Waals surface area (Å²) in [4.78, 5) is 2.24. The van der Waals surface area contributed by atoms with E-state index in [2.05, 4.69) is 15.1 Å². The van der Waals surface area contributed by atoms with Crippen LogP contribution < -0.4 is 5.73 Å². The standard InChI is InChI=1S/C15H25N5O2S/c16-15-5-4-13(17-18-15)12-19-10-6-14(7-11-19)23(21,22)20-8-2-1-3-9-20/h4-5,14H,1-3,6-12H2,(H2,16,18). The van der Waals surface area contributed by atoms with Crippen LogP contribution in [0.2, 0.25) is 0 Å². The lowest BCUT2D eigenvalue weighted by atomic mass is 10.1. The summed E-state index contributed by atoms with van der Waals surface area (Å²) in [5.74, 6) is 0.417. The Morgan fingerprint density at radius 1 is 1.04 bits per heavy atom. The Kier molecular flexibility index (Phi) is 5.13. The predicted molar refractivity (Wildman–Crippen MR) is 89.1 cm³/mol. The highest BCUT2D eigenvalue weighted by Crippen LogP contribution is 2.24. The molecule has 1 aromatic rings. The summed E-state index contributed by atoms with van der Waals surface area (Å²) in [6, 6.07) is 3.62. The van der Waals surface area contributed by atoms with Crippen molar-refractivity contribution in [2.45, 2.75) is 43.9 Å². The average Bonchev–Trinajstić information content (AvgIpc) is 2.58. The zero-order chi connectivity index (χ0) is 16.3. The zero-order valence-corrected chi connectivity index (χ0v) is 14.2. The molecule has 1 aromatic heterocycles. The number of sulfonamides is 1. The summed E-state index contributed by atoms with van der Waals surface area (Å²) >= 11 is 0. The number of hydrogen-bond acceptors (Lipinski definition) is 6. The third-order valence-electron chi connectivity index (χ3n) is 4.76. The fourth-order valence-corrected chi connectivity index (χ4v) is 5.37. The lowest BCUT2D eigenvalue weighted by Gasteiger charge is -2.35. The number of nitrogens with zero attached hydrogens (tertiary/aromatic N) is 4. The maximum Gasteiger partial charge on any atom is 0.217 e. The molecule has 0 saturated carbocycles. The van der Waals surface area contributed by atoms with Crippen LogP contribution in [0.4, 0.5) is 5.82 Å². The van der Waals surface area contributed by atoms with Gasteiger partial charge in [0.15, 0.2) is 0 Å². The van der Waals surface area contributed by atoms with E-state index in [1.165, 1.54) is 0 Å². The minimum absolute atomic E-state index is 0.227. The SMILES string of the molecule is Nc1ccc(CN2CCC(S(=O)(=O)N3CCCCC3)CC2)nn1. The van der Waals surface area contributed by atoms with Crippen molar-refractivity contribution in [3.05, 3.63) is 17.8 Å². The number of nitrogen functional groups attached to an aromatic ring is 1. The number of piperidine rings is 2. The largest absolute Gasteiger partial charge is 0.382 e.